The number of hydrogen-bond acceptors (Lipinski definition) is 3. The Kier molecular flexibility index (Phi) is 5.49. The van der Waals surface area contributed by atoms with Gasteiger partial charge in [0.05, 0.1) is 7.11 Å². The van der Waals surface area contributed by atoms with Gasteiger partial charge in [-0.25, -0.2) is 0 Å². The number of methoxy groups -OCH3 is 1. The lowest BCUT2D eigenvalue weighted by molar-refractivity contribution is 0.414. The van der Waals surface area contributed by atoms with Crippen LogP contribution in [0.3, 0.4) is 0 Å². The molecule has 0 aliphatic carbocycles. The van der Waals surface area contributed by atoms with Crippen molar-refractivity contribution in [1.82, 2.24) is 10.6 Å². The standard InChI is InChI=1S/C15H24N2O/c1-18-15-6-2-4-13(12-15)7-11-17-14-5-3-9-16-10-8-14/h2,4,6,12,14,16-17H,3,5,7-11H2,1H3. The van der Waals surface area contributed by atoms with Crippen LogP contribution in [0.15, 0.2) is 24.3 Å². The van der Waals surface area contributed by atoms with Crippen molar-refractivity contribution in [2.24, 2.45) is 0 Å². The van der Waals surface area contributed by atoms with E-state index in [0.717, 1.165) is 25.3 Å². The average Bonchev–Trinajstić information content (AvgIpc) is 2.68. The van der Waals surface area contributed by atoms with Crippen LogP contribution in [0, 0.1) is 0 Å². The van der Waals surface area contributed by atoms with Gasteiger partial charge in [0.15, 0.2) is 0 Å². The van der Waals surface area contributed by atoms with E-state index in [0.29, 0.717) is 6.04 Å². The maximum atomic E-state index is 5.24. The minimum atomic E-state index is 0.686. The Hall–Kier alpha value is -1.06. The molecule has 1 unspecified atom stereocenters. The van der Waals surface area contributed by atoms with E-state index in [1.54, 1.807) is 7.11 Å². The number of ether oxygens (including phenoxy) is 1. The largest absolute Gasteiger partial charge is 0.497 e. The van der Waals surface area contributed by atoms with Crippen molar-refractivity contribution >= 4 is 0 Å². The lowest BCUT2D eigenvalue weighted by Crippen LogP contribution is -2.31. The normalized spacial score (nSPS) is 20.4. The van der Waals surface area contributed by atoms with Crippen LogP contribution in [0.2, 0.25) is 0 Å². The minimum absolute atomic E-state index is 0.686. The van der Waals surface area contributed by atoms with Crippen molar-refractivity contribution in [2.45, 2.75) is 31.7 Å². The van der Waals surface area contributed by atoms with Gasteiger partial charge in [-0.2, -0.15) is 0 Å². The van der Waals surface area contributed by atoms with Crippen molar-refractivity contribution in [3.63, 3.8) is 0 Å². The van der Waals surface area contributed by atoms with E-state index in [1.165, 1.54) is 31.4 Å². The van der Waals surface area contributed by atoms with E-state index in [-0.39, 0.29) is 0 Å². The molecular weight excluding hydrogens is 224 g/mol. The highest BCUT2D eigenvalue weighted by molar-refractivity contribution is 5.28. The first kappa shape index (κ1) is 13.4. The summed E-state index contributed by atoms with van der Waals surface area (Å²) in [6.45, 7) is 3.38. The highest BCUT2D eigenvalue weighted by Crippen LogP contribution is 2.13. The van der Waals surface area contributed by atoms with Crippen molar-refractivity contribution < 1.29 is 4.74 Å². The number of nitrogens with one attached hydrogen (secondary N) is 2. The van der Waals surface area contributed by atoms with Crippen molar-refractivity contribution in [2.75, 3.05) is 26.7 Å². The van der Waals surface area contributed by atoms with Crippen LogP contribution < -0.4 is 15.4 Å². The quantitative estimate of drug-likeness (QED) is 0.836. The zero-order valence-electron chi connectivity index (χ0n) is 11.2. The molecule has 1 aliphatic rings. The van der Waals surface area contributed by atoms with Crippen LogP contribution in [0.5, 0.6) is 5.75 Å². The smallest absolute Gasteiger partial charge is 0.119 e. The van der Waals surface area contributed by atoms with Crippen LogP contribution in [-0.2, 0) is 6.42 Å². The lowest BCUT2D eigenvalue weighted by atomic mass is 10.1. The first-order valence-corrected chi connectivity index (χ1v) is 6.95. The maximum Gasteiger partial charge on any atom is 0.119 e. The summed E-state index contributed by atoms with van der Waals surface area (Å²) in [5, 5.41) is 7.11. The molecule has 100 valence electrons. The molecule has 1 heterocycles. The monoisotopic (exact) mass is 248 g/mol. The molecule has 1 atom stereocenters. The Morgan fingerprint density at radius 3 is 3.17 bits per heavy atom. The molecule has 1 aromatic rings. The molecule has 3 heteroatoms. The maximum absolute atomic E-state index is 5.24. The van der Waals surface area contributed by atoms with Crippen LogP contribution in [0.4, 0.5) is 0 Å². The molecule has 0 aromatic heterocycles. The molecule has 0 spiro atoms. The van der Waals surface area contributed by atoms with E-state index in [9.17, 15) is 0 Å². The topological polar surface area (TPSA) is 33.3 Å². The molecule has 1 saturated heterocycles. The number of rotatable bonds is 5. The summed E-state index contributed by atoms with van der Waals surface area (Å²) >= 11 is 0. The van der Waals surface area contributed by atoms with Gasteiger partial charge < -0.3 is 15.4 Å². The first-order chi connectivity index (χ1) is 8.88. The fourth-order valence-corrected chi connectivity index (χ4v) is 2.47. The summed E-state index contributed by atoms with van der Waals surface area (Å²) in [6.07, 6.45) is 4.90. The van der Waals surface area contributed by atoms with Gasteiger partial charge >= 0.3 is 0 Å². The van der Waals surface area contributed by atoms with Gasteiger partial charge in [0.25, 0.3) is 0 Å². The molecule has 2 N–H and O–H groups in total. The summed E-state index contributed by atoms with van der Waals surface area (Å²) in [6, 6.07) is 9.03. The molecule has 0 saturated carbocycles. The molecule has 0 radical (unpaired) electrons. The van der Waals surface area contributed by atoms with Gasteiger partial charge in [-0.15, -0.1) is 0 Å². The van der Waals surface area contributed by atoms with Crippen LogP contribution in [0.25, 0.3) is 0 Å². The molecule has 2 rings (SSSR count). The fraction of sp³-hybridized carbons (Fsp3) is 0.600. The van der Waals surface area contributed by atoms with E-state index in [1.807, 2.05) is 6.07 Å². The Bertz CT molecular complexity index is 346. The molecule has 1 aromatic carbocycles. The molecule has 18 heavy (non-hydrogen) atoms. The van der Waals surface area contributed by atoms with Gasteiger partial charge in [-0.3, -0.25) is 0 Å². The molecule has 1 fully saturated rings. The van der Waals surface area contributed by atoms with Gasteiger partial charge in [-0.1, -0.05) is 12.1 Å². The van der Waals surface area contributed by atoms with Crippen molar-refractivity contribution in [3.8, 4) is 5.75 Å². The van der Waals surface area contributed by atoms with Crippen LogP contribution >= 0.6 is 0 Å². The second kappa shape index (κ2) is 7.39. The Morgan fingerprint density at radius 1 is 1.33 bits per heavy atom. The van der Waals surface area contributed by atoms with E-state index < -0.39 is 0 Å². The third-order valence-electron chi connectivity index (χ3n) is 3.56. The third-order valence-corrected chi connectivity index (χ3v) is 3.56. The predicted octanol–water partition coefficient (Wildman–Crippen LogP) is 1.97. The third kappa shape index (κ3) is 4.31. The average molecular weight is 248 g/mol. The second-order valence-corrected chi connectivity index (χ2v) is 4.93. The molecule has 1 aliphatic heterocycles. The SMILES string of the molecule is COc1cccc(CCNC2CCCNCC2)c1. The summed E-state index contributed by atoms with van der Waals surface area (Å²) in [4.78, 5) is 0. The number of benzene rings is 1. The van der Waals surface area contributed by atoms with Gasteiger partial charge in [0.1, 0.15) is 5.75 Å². The summed E-state index contributed by atoms with van der Waals surface area (Å²) in [5.41, 5.74) is 1.34. The zero-order chi connectivity index (χ0) is 12.6. The summed E-state index contributed by atoms with van der Waals surface area (Å²) in [5.74, 6) is 0.950. The van der Waals surface area contributed by atoms with Gasteiger partial charge in [0.2, 0.25) is 0 Å². The van der Waals surface area contributed by atoms with Gasteiger partial charge in [0, 0.05) is 6.04 Å². The molecule has 0 bridgehead atoms. The molecular formula is C15H24N2O. The Labute approximate surface area is 110 Å². The van der Waals surface area contributed by atoms with Crippen LogP contribution in [-0.4, -0.2) is 32.8 Å². The van der Waals surface area contributed by atoms with Crippen LogP contribution in [0.1, 0.15) is 24.8 Å². The zero-order valence-corrected chi connectivity index (χ0v) is 11.2. The Balaban J connectivity index is 1.73. The second-order valence-electron chi connectivity index (χ2n) is 4.93. The molecule has 0 amide bonds. The lowest BCUT2D eigenvalue weighted by Gasteiger charge is -2.15. The predicted molar refractivity (Wildman–Crippen MR) is 75.2 cm³/mol. The van der Waals surface area contributed by atoms with Gasteiger partial charge in [-0.05, 0) is 63.0 Å². The van der Waals surface area contributed by atoms with E-state index in [2.05, 4.69) is 28.8 Å². The minimum Gasteiger partial charge on any atom is -0.497 e. The van der Waals surface area contributed by atoms with E-state index >= 15 is 0 Å². The van der Waals surface area contributed by atoms with Crippen molar-refractivity contribution in [1.29, 1.82) is 0 Å². The fourth-order valence-electron chi connectivity index (χ4n) is 2.47. The highest BCUT2D eigenvalue weighted by Gasteiger charge is 2.10. The molecule has 3 nitrogen and oxygen atoms in total. The highest BCUT2D eigenvalue weighted by atomic mass is 16.5. The number of hydrogen-bond donors (Lipinski definition) is 2. The Morgan fingerprint density at radius 2 is 2.28 bits per heavy atom. The van der Waals surface area contributed by atoms with Crippen molar-refractivity contribution in [3.05, 3.63) is 29.8 Å². The first-order valence-electron chi connectivity index (χ1n) is 6.95. The summed E-state index contributed by atoms with van der Waals surface area (Å²) in [7, 11) is 1.72. The van der Waals surface area contributed by atoms with E-state index in [4.69, 9.17) is 4.74 Å². The summed E-state index contributed by atoms with van der Waals surface area (Å²) < 4.78 is 5.24.